The lowest BCUT2D eigenvalue weighted by Crippen LogP contribution is -2.51. The van der Waals surface area contributed by atoms with Gasteiger partial charge in [-0.1, -0.05) is 51.1 Å². The number of thioether (sulfide) groups is 1. The average Bonchev–Trinajstić information content (AvgIpc) is 2.55. The maximum atomic E-state index is 10.8. The molecule has 5 heteroatoms. The summed E-state index contributed by atoms with van der Waals surface area (Å²) in [7, 11) is -0.749. The topological polar surface area (TPSA) is 35.8 Å². The molecule has 1 N–H and O–H groups in total. The molecule has 1 heterocycles. The molecule has 3 nitrogen and oxygen atoms in total. The summed E-state index contributed by atoms with van der Waals surface area (Å²) >= 11 is 1.81. The van der Waals surface area contributed by atoms with Gasteiger partial charge in [0.25, 0.3) is 0 Å². The van der Waals surface area contributed by atoms with Gasteiger partial charge < -0.3 is 5.02 Å². The minimum atomic E-state index is -0.749. The number of hydrogen-bond acceptors (Lipinski definition) is 4. The number of rotatable bonds is 4. The summed E-state index contributed by atoms with van der Waals surface area (Å²) < 4.78 is 0. The van der Waals surface area contributed by atoms with Crippen LogP contribution in [0.2, 0.25) is 0 Å². The number of hydrogen-bond donors (Lipinski definition) is 1. The van der Waals surface area contributed by atoms with Gasteiger partial charge in [-0.05, 0) is 35.6 Å². The van der Waals surface area contributed by atoms with E-state index in [1.807, 2.05) is 48.2 Å². The van der Waals surface area contributed by atoms with E-state index < -0.39 is 7.05 Å². The van der Waals surface area contributed by atoms with Crippen LogP contribution in [0, 0.1) is 0 Å². The lowest BCUT2D eigenvalue weighted by atomic mass is 9.68. The van der Waals surface area contributed by atoms with Crippen molar-refractivity contribution >= 4 is 35.7 Å². The molecule has 0 aromatic heterocycles. The summed E-state index contributed by atoms with van der Waals surface area (Å²) in [5.41, 5.74) is 3.89. The van der Waals surface area contributed by atoms with Gasteiger partial charge in [-0.25, -0.2) is 0 Å². The lowest BCUT2D eigenvalue weighted by Gasteiger charge is -2.30. The number of nitrogens with zero attached hydrogens (tertiary/aromatic N) is 2. The predicted octanol–water partition coefficient (Wildman–Crippen LogP) is 3.51. The molecule has 23 heavy (non-hydrogen) atoms. The molecule has 1 aliphatic heterocycles. The molecule has 3 rings (SSSR count). The van der Waals surface area contributed by atoms with Crippen molar-refractivity contribution in [2.75, 3.05) is 4.92 Å². The molecule has 0 fully saturated rings. The number of benzene rings is 2. The van der Waals surface area contributed by atoms with Gasteiger partial charge in [0, 0.05) is 15.8 Å². The summed E-state index contributed by atoms with van der Waals surface area (Å²) in [6, 6.07) is 16.2. The Balaban J connectivity index is 2.01. The first-order chi connectivity index (χ1) is 11.1. The largest absolute Gasteiger partial charge is 0.471 e. The Morgan fingerprint density at radius 1 is 1.17 bits per heavy atom. The van der Waals surface area contributed by atoms with Gasteiger partial charge in [0.1, 0.15) is 0 Å². The zero-order chi connectivity index (χ0) is 16.4. The van der Waals surface area contributed by atoms with E-state index in [1.54, 1.807) is 4.92 Å². The van der Waals surface area contributed by atoms with Crippen molar-refractivity contribution in [3.05, 3.63) is 54.1 Å². The predicted molar refractivity (Wildman–Crippen MR) is 101 cm³/mol. The van der Waals surface area contributed by atoms with Gasteiger partial charge in [0.2, 0.25) is 0 Å². The van der Waals surface area contributed by atoms with Crippen molar-refractivity contribution in [2.45, 2.75) is 37.3 Å². The van der Waals surface area contributed by atoms with Crippen LogP contribution in [0.5, 0.6) is 0 Å². The van der Waals surface area contributed by atoms with Crippen LogP contribution < -0.4 is 10.4 Å². The summed E-state index contributed by atoms with van der Waals surface area (Å²) in [5.74, 6) is 0. The Morgan fingerprint density at radius 2 is 1.96 bits per heavy atom. The highest BCUT2D eigenvalue weighted by Crippen LogP contribution is 2.28. The molecule has 0 aliphatic carbocycles. The van der Waals surface area contributed by atoms with Crippen molar-refractivity contribution < 1.29 is 5.02 Å². The number of anilines is 1. The summed E-state index contributed by atoms with van der Waals surface area (Å²) in [5, 5.41) is 16.0. The van der Waals surface area contributed by atoms with E-state index in [4.69, 9.17) is 5.10 Å². The minimum absolute atomic E-state index is 0.520. The van der Waals surface area contributed by atoms with E-state index >= 15 is 0 Å². The summed E-state index contributed by atoms with van der Waals surface area (Å²) in [6.07, 6.45) is 0.834. The highest BCUT2D eigenvalue weighted by atomic mass is 32.2. The molecule has 0 radical (unpaired) electrons. The highest BCUT2D eigenvalue weighted by molar-refractivity contribution is 7.99. The molecule has 0 saturated heterocycles. The van der Waals surface area contributed by atoms with E-state index in [2.05, 4.69) is 32.9 Å². The van der Waals surface area contributed by atoms with Crippen molar-refractivity contribution in [2.24, 2.45) is 5.10 Å². The van der Waals surface area contributed by atoms with Crippen molar-refractivity contribution in [1.82, 2.24) is 0 Å². The summed E-state index contributed by atoms with van der Waals surface area (Å²) in [6.45, 7) is 6.45. The van der Waals surface area contributed by atoms with E-state index in [0.29, 0.717) is 5.25 Å². The molecule has 0 bridgehead atoms. The van der Waals surface area contributed by atoms with Crippen molar-refractivity contribution in [3.63, 3.8) is 0 Å². The third-order valence-electron chi connectivity index (χ3n) is 3.80. The average molecular weight is 324 g/mol. The maximum Gasteiger partial charge on any atom is 0.471 e. The molecule has 0 atom stereocenters. The van der Waals surface area contributed by atoms with Crippen LogP contribution in [-0.2, 0) is 0 Å². The molecule has 118 valence electrons. The van der Waals surface area contributed by atoms with Crippen LogP contribution in [0.4, 0.5) is 5.69 Å². The molecular weight excluding hydrogens is 303 g/mol. The van der Waals surface area contributed by atoms with Crippen LogP contribution in [0.3, 0.4) is 0 Å². The van der Waals surface area contributed by atoms with Gasteiger partial charge in [0.05, 0.1) is 5.71 Å². The van der Waals surface area contributed by atoms with E-state index in [0.717, 1.165) is 28.8 Å². The maximum absolute atomic E-state index is 10.8. The van der Waals surface area contributed by atoms with E-state index in [1.165, 1.54) is 4.90 Å². The Kier molecular flexibility index (Phi) is 4.78. The van der Waals surface area contributed by atoms with Crippen LogP contribution in [0.1, 0.15) is 32.8 Å². The monoisotopic (exact) mass is 324 g/mol. The van der Waals surface area contributed by atoms with Gasteiger partial charge in [0.15, 0.2) is 0 Å². The van der Waals surface area contributed by atoms with Gasteiger partial charge in [-0.3, -0.25) is 4.92 Å². The standard InChI is InChI=1S/C18H21BN2OS/c1-4-18-16-10-5-6-11-17(16)19(22)21(20-18)14-8-7-9-15(12-14)23-13(2)3/h5-13,22H,4H2,1-3H3. The summed E-state index contributed by atoms with van der Waals surface area (Å²) in [4.78, 5) is 2.92. The van der Waals surface area contributed by atoms with E-state index in [9.17, 15) is 5.02 Å². The van der Waals surface area contributed by atoms with E-state index in [-0.39, 0.29) is 0 Å². The molecule has 1 aliphatic rings. The third-order valence-corrected chi connectivity index (χ3v) is 4.80. The van der Waals surface area contributed by atoms with Gasteiger partial charge in [-0.15, -0.1) is 11.8 Å². The van der Waals surface area contributed by atoms with Crippen molar-refractivity contribution in [1.29, 1.82) is 0 Å². The molecule has 0 unspecified atom stereocenters. The Labute approximate surface area is 142 Å². The molecule has 0 spiro atoms. The SMILES string of the molecule is CCC1=NN(c2cccc(SC(C)C)c2)B(O)c2ccccc21. The van der Waals surface area contributed by atoms with Gasteiger partial charge in [-0.2, -0.15) is 5.10 Å². The first kappa shape index (κ1) is 16.2. The zero-order valence-corrected chi connectivity index (χ0v) is 14.5. The molecule has 0 saturated carbocycles. The lowest BCUT2D eigenvalue weighted by molar-refractivity contribution is 0.577. The quantitative estimate of drug-likeness (QED) is 0.691. The second-order valence-corrected chi connectivity index (χ2v) is 7.52. The fourth-order valence-electron chi connectivity index (χ4n) is 2.79. The molecule has 2 aromatic rings. The van der Waals surface area contributed by atoms with Crippen molar-refractivity contribution in [3.8, 4) is 0 Å². The van der Waals surface area contributed by atoms with Crippen LogP contribution in [0.25, 0.3) is 0 Å². The molecule has 0 amide bonds. The second-order valence-electron chi connectivity index (χ2n) is 5.87. The highest BCUT2D eigenvalue weighted by Gasteiger charge is 2.32. The minimum Gasteiger partial charge on any atom is -0.427 e. The normalized spacial score (nSPS) is 14.0. The number of fused-ring (bicyclic) bond motifs is 1. The molecule has 2 aromatic carbocycles. The smallest absolute Gasteiger partial charge is 0.427 e. The van der Waals surface area contributed by atoms with Crippen LogP contribution in [0.15, 0.2) is 58.5 Å². The Bertz CT molecular complexity index is 732. The fraction of sp³-hybridized carbons (Fsp3) is 0.278. The Morgan fingerprint density at radius 3 is 2.70 bits per heavy atom. The van der Waals surface area contributed by atoms with Gasteiger partial charge >= 0.3 is 7.05 Å². The number of hydrazone groups is 1. The first-order valence-corrected chi connectivity index (χ1v) is 8.89. The zero-order valence-electron chi connectivity index (χ0n) is 13.7. The van der Waals surface area contributed by atoms with Crippen LogP contribution >= 0.6 is 11.8 Å². The van der Waals surface area contributed by atoms with Crippen LogP contribution in [-0.4, -0.2) is 23.0 Å². The first-order valence-electron chi connectivity index (χ1n) is 8.01. The fourth-order valence-corrected chi connectivity index (χ4v) is 3.68. The third kappa shape index (κ3) is 3.31. The Hall–Kier alpha value is -1.72. The molecular formula is C18H21BN2OS. The second kappa shape index (κ2) is 6.81.